The summed E-state index contributed by atoms with van der Waals surface area (Å²) >= 11 is 0. The summed E-state index contributed by atoms with van der Waals surface area (Å²) in [5.74, 6) is 0. The molecule has 192 valence electrons. The van der Waals surface area contributed by atoms with E-state index >= 15 is 0 Å². The van der Waals surface area contributed by atoms with E-state index in [1.165, 1.54) is 0 Å². The van der Waals surface area contributed by atoms with E-state index in [2.05, 4.69) is 34.6 Å². The zero-order chi connectivity index (χ0) is 23.6. The van der Waals surface area contributed by atoms with Crippen molar-refractivity contribution in [3.05, 3.63) is 0 Å². The van der Waals surface area contributed by atoms with E-state index in [4.69, 9.17) is 23.7 Å². The number of hydrogen-bond acceptors (Lipinski definition) is 6. The van der Waals surface area contributed by atoms with Gasteiger partial charge in [0.15, 0.2) is 0 Å². The molecule has 6 heteroatoms. The van der Waals surface area contributed by atoms with E-state index in [-0.39, 0.29) is 18.3 Å². The first-order valence-corrected chi connectivity index (χ1v) is 13.4. The van der Waals surface area contributed by atoms with Gasteiger partial charge in [0.05, 0.1) is 0 Å². The molecule has 6 atom stereocenters. The highest BCUT2D eigenvalue weighted by Gasteiger charge is 2.53. The first-order valence-electron chi connectivity index (χ1n) is 13.4. The van der Waals surface area contributed by atoms with Crippen LogP contribution in [0.3, 0.4) is 0 Å². The van der Waals surface area contributed by atoms with Crippen LogP contribution >= 0.6 is 0 Å². The fraction of sp³-hybridized carbons (Fsp3) is 1.00. The van der Waals surface area contributed by atoms with Gasteiger partial charge in [-0.2, -0.15) is 0 Å². The molecule has 32 heavy (non-hydrogen) atoms. The Morgan fingerprint density at radius 1 is 0.406 bits per heavy atom. The Morgan fingerprint density at radius 2 is 0.625 bits per heavy atom. The lowest BCUT2D eigenvalue weighted by molar-refractivity contribution is -0.274. The Labute approximate surface area is 197 Å². The van der Waals surface area contributed by atoms with Crippen molar-refractivity contribution in [1.29, 1.82) is 0 Å². The third-order valence-electron chi connectivity index (χ3n) is 6.01. The van der Waals surface area contributed by atoms with Gasteiger partial charge in [0, 0.05) is 33.0 Å². The zero-order valence-corrected chi connectivity index (χ0v) is 21.6. The fourth-order valence-corrected chi connectivity index (χ4v) is 3.91. The molecular formula is C26H52O6. The summed E-state index contributed by atoms with van der Waals surface area (Å²) in [6, 6.07) is 0. The van der Waals surface area contributed by atoms with Crippen LogP contribution in [0.5, 0.6) is 0 Å². The van der Waals surface area contributed by atoms with E-state index in [0.717, 1.165) is 64.2 Å². The first kappa shape index (κ1) is 29.8. The maximum Gasteiger partial charge on any atom is 0.115 e. The Morgan fingerprint density at radius 3 is 0.875 bits per heavy atom. The molecule has 0 amide bonds. The van der Waals surface area contributed by atoms with Gasteiger partial charge in [-0.05, 0) is 32.1 Å². The molecule has 1 aliphatic rings. The van der Waals surface area contributed by atoms with Crippen LogP contribution in [0.1, 0.15) is 98.8 Å². The molecule has 6 nitrogen and oxygen atoms in total. The molecule has 0 aromatic rings. The molecule has 1 saturated carbocycles. The second-order valence-corrected chi connectivity index (χ2v) is 8.94. The van der Waals surface area contributed by atoms with Crippen LogP contribution < -0.4 is 0 Å². The standard InChI is InChI=1S/C26H52O6/c1-6-11-16-28-22-21(27)23(29-17-12-7-2)25(31-19-14-9-4)26(32-20-15-10-5)24(22)30-18-13-8-3/h21-27H,6-20H2,1-5H3/t21-,22-,23-,24+,25-,26-/m1/s1. The van der Waals surface area contributed by atoms with Gasteiger partial charge in [-0.15, -0.1) is 0 Å². The Bertz CT molecular complexity index is 389. The molecule has 0 heterocycles. The van der Waals surface area contributed by atoms with E-state index in [9.17, 15) is 5.11 Å². The second-order valence-electron chi connectivity index (χ2n) is 8.94. The van der Waals surface area contributed by atoms with Gasteiger partial charge in [-0.25, -0.2) is 0 Å². The van der Waals surface area contributed by atoms with Crippen LogP contribution in [0.2, 0.25) is 0 Å². The molecule has 0 saturated heterocycles. The van der Waals surface area contributed by atoms with Crippen LogP contribution in [0.25, 0.3) is 0 Å². The molecule has 0 aliphatic heterocycles. The van der Waals surface area contributed by atoms with Crippen molar-refractivity contribution < 1.29 is 28.8 Å². The van der Waals surface area contributed by atoms with Gasteiger partial charge in [0.1, 0.15) is 36.6 Å². The van der Waals surface area contributed by atoms with Crippen LogP contribution in [-0.2, 0) is 23.7 Å². The average Bonchev–Trinajstić information content (AvgIpc) is 2.79. The Balaban J connectivity index is 3.16. The van der Waals surface area contributed by atoms with Crippen LogP contribution in [-0.4, -0.2) is 74.8 Å². The lowest BCUT2D eigenvalue weighted by atomic mass is 9.83. The SMILES string of the molecule is CCCCO[C@@H]1[C@@H](OCCCC)[C@H](OCCCC)[C@@H](O)[C@@H](OCCCC)[C@H]1OCCCC. The summed E-state index contributed by atoms with van der Waals surface area (Å²) in [5.41, 5.74) is 0. The third-order valence-corrected chi connectivity index (χ3v) is 6.01. The molecule has 0 radical (unpaired) electrons. The maximum absolute atomic E-state index is 11.4. The summed E-state index contributed by atoms with van der Waals surface area (Å²) in [6.07, 6.45) is 7.21. The molecule has 0 aromatic heterocycles. The lowest BCUT2D eigenvalue weighted by Gasteiger charge is -2.48. The zero-order valence-electron chi connectivity index (χ0n) is 21.6. The number of hydrogen-bond donors (Lipinski definition) is 1. The topological polar surface area (TPSA) is 66.4 Å². The first-order chi connectivity index (χ1) is 15.7. The summed E-state index contributed by atoms with van der Waals surface area (Å²) < 4.78 is 31.6. The number of aliphatic hydroxyl groups excluding tert-OH is 1. The van der Waals surface area contributed by atoms with Crippen LogP contribution in [0.15, 0.2) is 0 Å². The molecule has 1 fully saturated rings. The lowest BCUT2D eigenvalue weighted by Crippen LogP contribution is -2.67. The average molecular weight is 461 g/mol. The fourth-order valence-electron chi connectivity index (χ4n) is 3.91. The Hall–Kier alpha value is -0.240. The van der Waals surface area contributed by atoms with Crippen molar-refractivity contribution in [1.82, 2.24) is 0 Å². The third kappa shape index (κ3) is 10.4. The van der Waals surface area contributed by atoms with Crippen molar-refractivity contribution in [2.45, 2.75) is 135 Å². The number of ether oxygens (including phenoxy) is 5. The minimum atomic E-state index is -0.812. The smallest absolute Gasteiger partial charge is 0.115 e. The van der Waals surface area contributed by atoms with Crippen molar-refractivity contribution in [2.75, 3.05) is 33.0 Å². The predicted molar refractivity (Wildman–Crippen MR) is 129 cm³/mol. The quantitative estimate of drug-likeness (QED) is 0.249. The van der Waals surface area contributed by atoms with Crippen molar-refractivity contribution in [3.63, 3.8) is 0 Å². The van der Waals surface area contributed by atoms with Crippen molar-refractivity contribution >= 4 is 0 Å². The van der Waals surface area contributed by atoms with E-state index in [0.29, 0.717) is 33.0 Å². The molecule has 1 N–H and O–H groups in total. The number of rotatable bonds is 20. The minimum Gasteiger partial charge on any atom is -0.387 e. The molecule has 1 rings (SSSR count). The van der Waals surface area contributed by atoms with E-state index in [1.54, 1.807) is 0 Å². The normalized spacial score (nSPS) is 28.3. The van der Waals surface area contributed by atoms with Gasteiger partial charge >= 0.3 is 0 Å². The molecular weight excluding hydrogens is 408 g/mol. The highest BCUT2D eigenvalue weighted by Crippen LogP contribution is 2.33. The van der Waals surface area contributed by atoms with Crippen LogP contribution in [0, 0.1) is 0 Å². The van der Waals surface area contributed by atoms with Crippen LogP contribution in [0.4, 0.5) is 0 Å². The molecule has 0 aromatic carbocycles. The van der Waals surface area contributed by atoms with E-state index < -0.39 is 18.3 Å². The number of unbranched alkanes of at least 4 members (excludes halogenated alkanes) is 5. The largest absolute Gasteiger partial charge is 0.387 e. The van der Waals surface area contributed by atoms with Gasteiger partial charge in [-0.1, -0.05) is 66.7 Å². The highest BCUT2D eigenvalue weighted by molar-refractivity contribution is 5.03. The van der Waals surface area contributed by atoms with E-state index in [1.807, 2.05) is 0 Å². The van der Waals surface area contributed by atoms with Crippen molar-refractivity contribution in [2.24, 2.45) is 0 Å². The summed E-state index contributed by atoms with van der Waals surface area (Å²) in [4.78, 5) is 0. The van der Waals surface area contributed by atoms with Gasteiger partial charge in [-0.3, -0.25) is 0 Å². The van der Waals surface area contributed by atoms with Gasteiger partial charge < -0.3 is 28.8 Å². The monoisotopic (exact) mass is 460 g/mol. The van der Waals surface area contributed by atoms with Gasteiger partial charge in [0.2, 0.25) is 0 Å². The second kappa shape index (κ2) is 19.1. The summed E-state index contributed by atoms with van der Waals surface area (Å²) in [6.45, 7) is 13.8. The Kier molecular flexibility index (Phi) is 17.8. The minimum absolute atomic E-state index is 0.322. The van der Waals surface area contributed by atoms with Crippen molar-refractivity contribution in [3.8, 4) is 0 Å². The summed E-state index contributed by atoms with van der Waals surface area (Å²) in [5, 5.41) is 11.4. The maximum atomic E-state index is 11.4. The highest BCUT2D eigenvalue weighted by atomic mass is 16.6. The molecule has 0 spiro atoms. The molecule has 1 aliphatic carbocycles. The number of aliphatic hydroxyl groups is 1. The molecule has 0 bridgehead atoms. The predicted octanol–water partition coefficient (Wildman–Crippen LogP) is 5.29. The molecule has 0 unspecified atom stereocenters. The van der Waals surface area contributed by atoms with Gasteiger partial charge in [0.25, 0.3) is 0 Å². The summed E-state index contributed by atoms with van der Waals surface area (Å²) in [7, 11) is 0.